The van der Waals surface area contributed by atoms with Gasteiger partial charge in [-0.25, -0.2) is 4.79 Å². The van der Waals surface area contributed by atoms with Gasteiger partial charge in [0.15, 0.2) is 0 Å². The van der Waals surface area contributed by atoms with Crippen LogP contribution in [0.1, 0.15) is 32.1 Å². The van der Waals surface area contributed by atoms with Crippen LogP contribution in [0.3, 0.4) is 0 Å². The van der Waals surface area contributed by atoms with E-state index in [2.05, 4.69) is 4.74 Å². The zero-order chi connectivity index (χ0) is 8.97. The lowest BCUT2D eigenvalue weighted by Crippen LogP contribution is -2.24. The van der Waals surface area contributed by atoms with Crippen LogP contribution in [-0.4, -0.2) is 18.5 Å². The van der Waals surface area contributed by atoms with Crippen LogP contribution < -0.4 is 0 Å². The summed E-state index contributed by atoms with van der Waals surface area (Å²) in [5.74, 6) is -1.37. The molecule has 0 N–H and O–H groups in total. The lowest BCUT2D eigenvalue weighted by Gasteiger charge is -2.21. The quantitative estimate of drug-likeness (QED) is 0.605. The minimum atomic E-state index is -2.98. The van der Waals surface area contributed by atoms with Gasteiger partial charge in [-0.05, 0) is 25.7 Å². The summed E-state index contributed by atoms with van der Waals surface area (Å²) in [6.45, 7) is 0. The topological polar surface area (TPSA) is 26.3 Å². The van der Waals surface area contributed by atoms with Gasteiger partial charge in [0, 0.05) is 0 Å². The summed E-state index contributed by atoms with van der Waals surface area (Å²) < 4.78 is 28.0. The monoisotopic (exact) mass is 178 g/mol. The fourth-order valence-corrected chi connectivity index (χ4v) is 1.40. The molecule has 0 heterocycles. The summed E-state index contributed by atoms with van der Waals surface area (Å²) in [6, 6.07) is 0. The van der Waals surface area contributed by atoms with Crippen molar-refractivity contribution < 1.29 is 18.3 Å². The molecule has 1 aliphatic carbocycles. The van der Waals surface area contributed by atoms with E-state index in [1.165, 1.54) is 0 Å². The summed E-state index contributed by atoms with van der Waals surface area (Å²) in [6.07, 6.45) is 1.29. The Labute approximate surface area is 69.9 Å². The van der Waals surface area contributed by atoms with Gasteiger partial charge in [-0.2, -0.15) is 8.78 Å². The number of alkyl halides is 2. The molecular weight excluding hydrogens is 166 g/mol. The Morgan fingerprint density at radius 1 is 1.25 bits per heavy atom. The minimum Gasteiger partial charge on any atom is -0.458 e. The second-order valence-corrected chi connectivity index (χ2v) is 3.00. The first-order valence-electron chi connectivity index (χ1n) is 4.19. The Morgan fingerprint density at radius 2 is 1.83 bits per heavy atom. The summed E-state index contributed by atoms with van der Waals surface area (Å²) in [5, 5.41) is 0. The van der Waals surface area contributed by atoms with Gasteiger partial charge in [-0.15, -0.1) is 0 Å². The molecule has 1 saturated carbocycles. The van der Waals surface area contributed by atoms with Crippen LogP contribution in [0.2, 0.25) is 0 Å². The fourth-order valence-electron chi connectivity index (χ4n) is 1.40. The van der Waals surface area contributed by atoms with Crippen LogP contribution in [0.15, 0.2) is 0 Å². The number of hydrogen-bond acceptors (Lipinski definition) is 2. The van der Waals surface area contributed by atoms with Crippen molar-refractivity contribution in [2.45, 2.75) is 44.6 Å². The highest BCUT2D eigenvalue weighted by molar-refractivity contribution is 5.72. The summed E-state index contributed by atoms with van der Waals surface area (Å²) in [4.78, 5) is 10.4. The van der Waals surface area contributed by atoms with Crippen LogP contribution >= 0.6 is 0 Å². The van der Waals surface area contributed by atoms with Crippen LogP contribution in [0.4, 0.5) is 8.78 Å². The van der Waals surface area contributed by atoms with Gasteiger partial charge in [0.05, 0.1) is 0 Å². The molecule has 70 valence electrons. The van der Waals surface area contributed by atoms with E-state index in [-0.39, 0.29) is 6.10 Å². The maximum Gasteiger partial charge on any atom is 0.374 e. The van der Waals surface area contributed by atoms with Gasteiger partial charge in [0.1, 0.15) is 6.10 Å². The number of rotatable bonds is 2. The third kappa shape index (κ3) is 2.75. The smallest absolute Gasteiger partial charge is 0.374 e. The molecular formula is C8H12F2O2. The molecule has 1 aliphatic rings. The summed E-state index contributed by atoms with van der Waals surface area (Å²) in [7, 11) is 0. The molecule has 0 unspecified atom stereocenters. The molecule has 0 aromatic rings. The predicted octanol–water partition coefficient (Wildman–Crippen LogP) is 2.13. The van der Waals surface area contributed by atoms with E-state index in [0.717, 1.165) is 32.1 Å². The first-order chi connectivity index (χ1) is 5.70. The van der Waals surface area contributed by atoms with Crippen LogP contribution in [0.25, 0.3) is 0 Å². The predicted molar refractivity (Wildman–Crippen MR) is 39.0 cm³/mol. The van der Waals surface area contributed by atoms with Crippen molar-refractivity contribution in [1.29, 1.82) is 0 Å². The largest absolute Gasteiger partial charge is 0.458 e. The average Bonchev–Trinajstić information content (AvgIpc) is 2.06. The fraction of sp³-hybridized carbons (Fsp3) is 0.875. The lowest BCUT2D eigenvalue weighted by molar-refractivity contribution is -0.163. The zero-order valence-corrected chi connectivity index (χ0v) is 6.76. The second-order valence-electron chi connectivity index (χ2n) is 3.00. The van der Waals surface area contributed by atoms with Crippen molar-refractivity contribution in [3.8, 4) is 0 Å². The van der Waals surface area contributed by atoms with Gasteiger partial charge >= 0.3 is 12.4 Å². The average molecular weight is 178 g/mol. The second kappa shape index (κ2) is 4.38. The lowest BCUT2D eigenvalue weighted by atomic mass is 9.98. The van der Waals surface area contributed by atoms with E-state index in [1.54, 1.807) is 0 Å². The number of halogens is 2. The molecule has 0 spiro atoms. The molecule has 4 heteroatoms. The molecule has 1 fully saturated rings. The van der Waals surface area contributed by atoms with Crippen molar-refractivity contribution in [2.24, 2.45) is 0 Å². The van der Waals surface area contributed by atoms with Gasteiger partial charge < -0.3 is 4.74 Å². The van der Waals surface area contributed by atoms with E-state index < -0.39 is 12.4 Å². The molecule has 0 aliphatic heterocycles. The van der Waals surface area contributed by atoms with Crippen molar-refractivity contribution in [2.75, 3.05) is 0 Å². The van der Waals surface area contributed by atoms with Crippen molar-refractivity contribution >= 4 is 5.97 Å². The number of carbonyl (C=O) groups is 1. The first kappa shape index (κ1) is 9.42. The van der Waals surface area contributed by atoms with Crippen molar-refractivity contribution in [1.82, 2.24) is 0 Å². The molecule has 0 aromatic heterocycles. The normalized spacial score (nSPS) is 19.6. The van der Waals surface area contributed by atoms with E-state index >= 15 is 0 Å². The Hall–Kier alpha value is -0.670. The van der Waals surface area contributed by atoms with Gasteiger partial charge in [0.25, 0.3) is 0 Å². The highest BCUT2D eigenvalue weighted by Crippen LogP contribution is 2.20. The molecule has 2 nitrogen and oxygen atoms in total. The number of esters is 1. The SMILES string of the molecule is O=C(OC1CCCCC1)C(F)F. The molecule has 0 saturated heterocycles. The third-order valence-electron chi connectivity index (χ3n) is 2.01. The van der Waals surface area contributed by atoms with Crippen molar-refractivity contribution in [3.05, 3.63) is 0 Å². The Bertz CT molecular complexity index is 153. The third-order valence-corrected chi connectivity index (χ3v) is 2.01. The maximum atomic E-state index is 11.7. The molecule has 0 amide bonds. The molecule has 0 atom stereocenters. The number of hydrogen-bond donors (Lipinski definition) is 0. The van der Waals surface area contributed by atoms with Crippen LogP contribution in [0, 0.1) is 0 Å². The van der Waals surface area contributed by atoms with Crippen molar-refractivity contribution in [3.63, 3.8) is 0 Å². The maximum absolute atomic E-state index is 11.7. The van der Waals surface area contributed by atoms with Crippen LogP contribution in [0.5, 0.6) is 0 Å². The van der Waals surface area contributed by atoms with Crippen LogP contribution in [-0.2, 0) is 9.53 Å². The summed E-state index contributed by atoms with van der Waals surface area (Å²) in [5.41, 5.74) is 0. The molecule has 0 radical (unpaired) electrons. The van der Waals surface area contributed by atoms with E-state index in [9.17, 15) is 13.6 Å². The van der Waals surface area contributed by atoms with Gasteiger partial charge in [-0.3, -0.25) is 0 Å². The Kier molecular flexibility index (Phi) is 3.44. The first-order valence-corrected chi connectivity index (χ1v) is 4.19. The Morgan fingerprint density at radius 3 is 2.33 bits per heavy atom. The van der Waals surface area contributed by atoms with E-state index in [0.29, 0.717) is 0 Å². The van der Waals surface area contributed by atoms with Gasteiger partial charge in [0.2, 0.25) is 0 Å². The number of ether oxygens (including phenoxy) is 1. The van der Waals surface area contributed by atoms with Gasteiger partial charge in [-0.1, -0.05) is 6.42 Å². The highest BCUT2D eigenvalue weighted by atomic mass is 19.3. The molecule has 0 bridgehead atoms. The highest BCUT2D eigenvalue weighted by Gasteiger charge is 2.23. The van der Waals surface area contributed by atoms with E-state index in [1.807, 2.05) is 0 Å². The molecule has 0 aromatic carbocycles. The minimum absolute atomic E-state index is 0.264. The standard InChI is InChI=1S/C8H12F2O2/c9-7(10)8(11)12-6-4-2-1-3-5-6/h6-7H,1-5H2. The Balaban J connectivity index is 2.24. The molecule has 1 rings (SSSR count). The van der Waals surface area contributed by atoms with E-state index in [4.69, 9.17) is 0 Å². The number of carbonyl (C=O) groups excluding carboxylic acids is 1. The molecule has 12 heavy (non-hydrogen) atoms. The summed E-state index contributed by atoms with van der Waals surface area (Å²) >= 11 is 0. The zero-order valence-electron chi connectivity index (χ0n) is 6.76.